The van der Waals surface area contributed by atoms with Crippen LogP contribution < -0.4 is 0 Å². The topological polar surface area (TPSA) is 0 Å². The molecule has 72 valence electrons. The Morgan fingerprint density at radius 2 is 1.07 bits per heavy atom. The highest BCUT2D eigenvalue weighted by molar-refractivity contribution is 7.80. The third kappa shape index (κ3) is 1.43. The summed E-state index contributed by atoms with van der Waals surface area (Å²) < 4.78 is 0. The van der Waals surface area contributed by atoms with Crippen LogP contribution in [0.3, 0.4) is 0 Å². The van der Waals surface area contributed by atoms with Gasteiger partial charge in [0.25, 0.3) is 0 Å². The largest absolute Gasteiger partial charge is 0.143 e. The molecule has 0 heterocycles. The Kier molecular flexibility index (Phi) is 2.50. The van der Waals surface area contributed by atoms with Crippen molar-refractivity contribution in [2.24, 2.45) is 0 Å². The zero-order valence-corrected chi connectivity index (χ0v) is 9.99. The van der Waals surface area contributed by atoms with Crippen LogP contribution in [-0.2, 0) is 0 Å². The van der Waals surface area contributed by atoms with Crippen LogP contribution in [0.5, 0.6) is 0 Å². The minimum absolute atomic E-state index is 1.05. The van der Waals surface area contributed by atoms with Gasteiger partial charge in [-0.05, 0) is 47.9 Å². The van der Waals surface area contributed by atoms with E-state index in [4.69, 9.17) is 0 Å². The van der Waals surface area contributed by atoms with Crippen LogP contribution in [0.1, 0.15) is 11.1 Å². The van der Waals surface area contributed by atoms with E-state index in [-0.39, 0.29) is 0 Å². The predicted octanol–water partition coefficient (Wildman–Crippen LogP) is 4.03. The predicted molar refractivity (Wildman–Crippen MR) is 67.9 cm³/mol. The van der Waals surface area contributed by atoms with Gasteiger partial charge < -0.3 is 0 Å². The molecule has 0 fully saturated rings. The zero-order valence-electron chi connectivity index (χ0n) is 8.20. The average Bonchev–Trinajstić information content (AvgIpc) is 2.17. The molecule has 2 rings (SSSR count). The monoisotopic (exact) mass is 220 g/mol. The molecule has 0 N–H and O–H groups in total. The Hall–Kier alpha value is -0.600. The first-order valence-corrected chi connectivity index (χ1v) is 5.41. The van der Waals surface area contributed by atoms with Crippen LogP contribution in [0.15, 0.2) is 34.1 Å². The van der Waals surface area contributed by atoms with E-state index in [2.05, 4.69) is 51.2 Å². The second-order valence-corrected chi connectivity index (χ2v) is 4.48. The van der Waals surface area contributed by atoms with Crippen LogP contribution in [0.25, 0.3) is 10.8 Å². The lowest BCUT2D eigenvalue weighted by Crippen LogP contribution is -1.85. The van der Waals surface area contributed by atoms with E-state index in [1.807, 2.05) is 12.1 Å². The fourth-order valence-electron chi connectivity index (χ4n) is 1.68. The van der Waals surface area contributed by atoms with Gasteiger partial charge in [-0.15, -0.1) is 25.3 Å². The summed E-state index contributed by atoms with van der Waals surface area (Å²) in [5, 5.41) is 2.54. The molecule has 0 aliphatic carbocycles. The molecule has 0 aromatic heterocycles. The molecule has 14 heavy (non-hydrogen) atoms. The standard InChI is InChI=1S/C12H12S2/c1-7-9-3-6-12(14)8(2)10(9)4-5-11(7)13/h3-6,13-14H,1-2H3. The minimum atomic E-state index is 1.05. The van der Waals surface area contributed by atoms with Crippen molar-refractivity contribution in [1.82, 2.24) is 0 Å². The summed E-state index contributed by atoms with van der Waals surface area (Å²) in [5.74, 6) is 0. The summed E-state index contributed by atoms with van der Waals surface area (Å²) in [4.78, 5) is 2.09. The number of fused-ring (bicyclic) bond motifs is 1. The molecule has 0 unspecified atom stereocenters. The molecule has 2 heteroatoms. The van der Waals surface area contributed by atoms with Gasteiger partial charge in [0.15, 0.2) is 0 Å². The van der Waals surface area contributed by atoms with E-state index < -0.39 is 0 Å². The van der Waals surface area contributed by atoms with Crippen molar-refractivity contribution in [3.05, 3.63) is 35.4 Å². The molecule has 0 amide bonds. The molecule has 0 spiro atoms. The van der Waals surface area contributed by atoms with Crippen molar-refractivity contribution in [2.45, 2.75) is 23.6 Å². The molecule has 0 saturated carbocycles. The normalized spacial score (nSPS) is 10.9. The number of rotatable bonds is 0. The molecule has 2 aromatic rings. The average molecular weight is 220 g/mol. The minimum Gasteiger partial charge on any atom is -0.143 e. The van der Waals surface area contributed by atoms with Gasteiger partial charge in [0.1, 0.15) is 0 Å². The molecule has 0 aliphatic rings. The maximum absolute atomic E-state index is 4.41. The zero-order chi connectivity index (χ0) is 10.3. The molecular weight excluding hydrogens is 208 g/mol. The number of thiol groups is 2. The van der Waals surface area contributed by atoms with Crippen molar-refractivity contribution in [3.63, 3.8) is 0 Å². The van der Waals surface area contributed by atoms with Gasteiger partial charge in [0.05, 0.1) is 0 Å². The van der Waals surface area contributed by atoms with E-state index in [9.17, 15) is 0 Å². The molecule has 0 saturated heterocycles. The maximum atomic E-state index is 4.41. The summed E-state index contributed by atoms with van der Waals surface area (Å²) in [6.07, 6.45) is 0. The summed E-state index contributed by atoms with van der Waals surface area (Å²) in [6.45, 7) is 4.20. The SMILES string of the molecule is Cc1c(S)ccc2c(C)c(S)ccc12. The van der Waals surface area contributed by atoms with Gasteiger partial charge in [-0.25, -0.2) is 0 Å². The molecule has 0 aliphatic heterocycles. The Morgan fingerprint density at radius 3 is 1.43 bits per heavy atom. The number of aryl methyl sites for hydroxylation is 2. The highest BCUT2D eigenvalue weighted by atomic mass is 32.1. The quantitative estimate of drug-likeness (QED) is 0.615. The fraction of sp³-hybridized carbons (Fsp3) is 0.167. The van der Waals surface area contributed by atoms with E-state index in [1.54, 1.807) is 0 Å². The summed E-state index contributed by atoms with van der Waals surface area (Å²) in [6, 6.07) is 8.31. The lowest BCUT2D eigenvalue weighted by molar-refractivity contribution is 1.31. The van der Waals surface area contributed by atoms with E-state index in [1.165, 1.54) is 21.9 Å². The second kappa shape index (κ2) is 3.52. The van der Waals surface area contributed by atoms with Crippen molar-refractivity contribution >= 4 is 36.0 Å². The number of hydrogen-bond acceptors (Lipinski definition) is 2. The summed E-state index contributed by atoms with van der Waals surface area (Å²) in [7, 11) is 0. The van der Waals surface area contributed by atoms with Crippen LogP contribution in [0, 0.1) is 13.8 Å². The van der Waals surface area contributed by atoms with E-state index >= 15 is 0 Å². The first-order valence-electron chi connectivity index (χ1n) is 4.52. The van der Waals surface area contributed by atoms with Gasteiger partial charge in [0, 0.05) is 9.79 Å². The van der Waals surface area contributed by atoms with Gasteiger partial charge in [-0.1, -0.05) is 12.1 Å². The van der Waals surface area contributed by atoms with Crippen LogP contribution >= 0.6 is 25.3 Å². The lowest BCUT2D eigenvalue weighted by atomic mass is 10.0. The molecule has 0 atom stereocenters. The van der Waals surface area contributed by atoms with Crippen LogP contribution in [0.2, 0.25) is 0 Å². The lowest BCUT2D eigenvalue weighted by Gasteiger charge is -2.09. The van der Waals surface area contributed by atoms with Gasteiger partial charge >= 0.3 is 0 Å². The summed E-state index contributed by atoms with van der Waals surface area (Å²) in [5.41, 5.74) is 2.48. The number of hydrogen-bond donors (Lipinski definition) is 2. The molecule has 0 radical (unpaired) electrons. The molecule has 2 aromatic carbocycles. The van der Waals surface area contributed by atoms with E-state index in [0.717, 1.165) is 9.79 Å². The van der Waals surface area contributed by atoms with Gasteiger partial charge in [-0.3, -0.25) is 0 Å². The highest BCUT2D eigenvalue weighted by Gasteiger charge is 2.04. The maximum Gasteiger partial charge on any atom is 0.00756 e. The van der Waals surface area contributed by atoms with Crippen molar-refractivity contribution in [2.75, 3.05) is 0 Å². The Morgan fingerprint density at radius 1 is 0.714 bits per heavy atom. The van der Waals surface area contributed by atoms with Gasteiger partial charge in [-0.2, -0.15) is 0 Å². The molecule has 0 bridgehead atoms. The van der Waals surface area contributed by atoms with Crippen molar-refractivity contribution in [1.29, 1.82) is 0 Å². The Labute approximate surface area is 95.2 Å². The summed E-state index contributed by atoms with van der Waals surface area (Å²) >= 11 is 8.83. The Bertz CT molecular complexity index is 454. The fourth-order valence-corrected chi connectivity index (χ4v) is 2.07. The Balaban J connectivity index is 2.94. The van der Waals surface area contributed by atoms with Crippen molar-refractivity contribution in [3.8, 4) is 0 Å². The highest BCUT2D eigenvalue weighted by Crippen LogP contribution is 2.29. The first-order chi connectivity index (χ1) is 6.61. The number of benzene rings is 2. The smallest absolute Gasteiger partial charge is 0.00756 e. The second-order valence-electron chi connectivity index (χ2n) is 3.51. The third-order valence-corrected chi connectivity index (χ3v) is 3.65. The van der Waals surface area contributed by atoms with Gasteiger partial charge in [0.2, 0.25) is 0 Å². The van der Waals surface area contributed by atoms with Crippen LogP contribution in [0.4, 0.5) is 0 Å². The van der Waals surface area contributed by atoms with E-state index in [0.29, 0.717) is 0 Å². The molecule has 0 nitrogen and oxygen atoms in total. The van der Waals surface area contributed by atoms with Crippen molar-refractivity contribution < 1.29 is 0 Å². The third-order valence-electron chi connectivity index (χ3n) is 2.68. The first kappa shape index (κ1) is 9.94. The molecular formula is C12H12S2. The van der Waals surface area contributed by atoms with Crippen LogP contribution in [-0.4, -0.2) is 0 Å².